The van der Waals surface area contributed by atoms with Gasteiger partial charge in [0.05, 0.1) is 0 Å². The van der Waals surface area contributed by atoms with Gasteiger partial charge in [-0.05, 0) is 101 Å². The third-order valence-electron chi connectivity index (χ3n) is 13.3. The molecule has 0 fully saturated rings. The van der Waals surface area contributed by atoms with Gasteiger partial charge in [0, 0.05) is 68.2 Å². The molecule has 8 bridgehead atoms. The molecule has 0 aliphatic heterocycles. The Labute approximate surface area is 405 Å². The molecule has 2 atom stereocenters. The van der Waals surface area contributed by atoms with Gasteiger partial charge < -0.3 is 97.0 Å². The topological polar surface area (TPSA) is 384 Å². The Bertz CT molecular complexity index is 3010. The van der Waals surface area contributed by atoms with Crippen LogP contribution in [0.5, 0.6) is 109 Å². The van der Waals surface area contributed by atoms with Crippen molar-refractivity contribution in [2.24, 2.45) is 0 Å². The van der Waals surface area contributed by atoms with E-state index in [4.69, 9.17) is 0 Å². The molecule has 0 heterocycles. The Kier molecular flexibility index (Phi) is 11.0. The Balaban J connectivity index is 1.56. The smallest absolute Gasteiger partial charge is 0.200 e. The fourth-order valence-corrected chi connectivity index (χ4v) is 9.64. The minimum absolute atomic E-state index is 0.0570. The van der Waals surface area contributed by atoms with Crippen molar-refractivity contribution in [2.45, 2.75) is 30.6 Å². The van der Waals surface area contributed by atoms with Crippen LogP contribution in [0.4, 0.5) is 0 Å². The summed E-state index contributed by atoms with van der Waals surface area (Å²) in [6.07, 6.45) is 0. The maximum absolute atomic E-state index is 12.0. The zero-order chi connectivity index (χ0) is 52.1. The van der Waals surface area contributed by atoms with Gasteiger partial charge in [-0.15, -0.1) is 0 Å². The number of phenolic OH excluding ortho intramolecular Hbond substituents is 19. The van der Waals surface area contributed by atoms with Crippen molar-refractivity contribution in [3.8, 4) is 109 Å². The van der Waals surface area contributed by atoms with E-state index >= 15 is 0 Å². The van der Waals surface area contributed by atoms with Gasteiger partial charge in [0.1, 0.15) is 5.75 Å². The highest BCUT2D eigenvalue weighted by Crippen LogP contribution is 2.60. The highest BCUT2D eigenvalue weighted by molar-refractivity contribution is 5.75. The molecule has 72 heavy (non-hydrogen) atoms. The van der Waals surface area contributed by atoms with E-state index in [-0.39, 0.29) is 33.6 Å². The van der Waals surface area contributed by atoms with Crippen molar-refractivity contribution in [3.05, 3.63) is 169 Å². The van der Waals surface area contributed by atoms with Crippen LogP contribution < -0.4 is 0 Å². The van der Waals surface area contributed by atoms with E-state index in [1.165, 1.54) is 43.3 Å². The predicted molar refractivity (Wildman–Crippen MR) is 252 cm³/mol. The number of benzene rings is 8. The molecule has 0 radical (unpaired) electrons. The molecule has 0 saturated heterocycles. The molecule has 19 heteroatoms. The summed E-state index contributed by atoms with van der Waals surface area (Å²) >= 11 is 0. The van der Waals surface area contributed by atoms with Crippen molar-refractivity contribution in [2.75, 3.05) is 0 Å². The zero-order valence-corrected chi connectivity index (χ0v) is 37.0. The molecule has 368 valence electrons. The summed E-state index contributed by atoms with van der Waals surface area (Å²) in [4.78, 5) is 0. The minimum Gasteiger partial charge on any atom is -0.508 e. The lowest BCUT2D eigenvalue weighted by atomic mass is 9.74. The van der Waals surface area contributed by atoms with Crippen molar-refractivity contribution >= 4 is 0 Å². The molecular weight excluding hydrogens is 941 g/mol. The van der Waals surface area contributed by atoms with Crippen LogP contribution in [0.15, 0.2) is 97.1 Å². The highest BCUT2D eigenvalue weighted by atomic mass is 16.4. The second-order valence-electron chi connectivity index (χ2n) is 17.4. The van der Waals surface area contributed by atoms with Gasteiger partial charge in [-0.3, -0.25) is 0 Å². The number of aromatic hydroxyl groups is 19. The van der Waals surface area contributed by atoms with Gasteiger partial charge >= 0.3 is 0 Å². The normalized spacial score (nSPS) is 16.3. The van der Waals surface area contributed by atoms with E-state index in [0.717, 1.165) is 60.7 Å². The van der Waals surface area contributed by atoms with Gasteiger partial charge in [-0.1, -0.05) is 30.3 Å². The molecule has 19 nitrogen and oxygen atoms in total. The largest absolute Gasteiger partial charge is 0.508 e. The fraction of sp³-hybridized carbons (Fsp3) is 0.0943. The summed E-state index contributed by atoms with van der Waals surface area (Å²) < 4.78 is 0. The van der Waals surface area contributed by atoms with Crippen LogP contribution in [0.1, 0.15) is 96.0 Å². The first kappa shape index (κ1) is 47.0. The molecule has 0 amide bonds. The molecule has 8 aromatic carbocycles. The van der Waals surface area contributed by atoms with Crippen LogP contribution in [0.25, 0.3) is 0 Å². The lowest BCUT2D eigenvalue weighted by molar-refractivity contribution is 0.353. The lowest BCUT2D eigenvalue weighted by Crippen LogP contribution is -2.13. The molecule has 0 aromatic heterocycles. The van der Waals surface area contributed by atoms with Crippen molar-refractivity contribution in [3.63, 3.8) is 0 Å². The minimum atomic E-state index is -1.82. The Hall–Kier alpha value is -10.0. The molecule has 19 N–H and O–H groups in total. The lowest BCUT2D eigenvalue weighted by Gasteiger charge is -2.30. The van der Waals surface area contributed by atoms with Crippen LogP contribution >= 0.6 is 0 Å². The summed E-state index contributed by atoms with van der Waals surface area (Å²) in [6.45, 7) is 1.48. The van der Waals surface area contributed by atoms with Crippen molar-refractivity contribution < 1.29 is 97.0 Å². The first-order chi connectivity index (χ1) is 34.0. The summed E-state index contributed by atoms with van der Waals surface area (Å²) in [5, 5.41) is 217. The van der Waals surface area contributed by atoms with Gasteiger partial charge in [-0.2, -0.15) is 0 Å². The maximum atomic E-state index is 12.0. The third kappa shape index (κ3) is 7.22. The Morgan fingerprint density at radius 3 is 0.597 bits per heavy atom. The molecular formula is C53H42O19. The molecule has 2 unspecified atom stereocenters. The number of hydrogen-bond acceptors (Lipinski definition) is 19. The number of phenols is 19. The summed E-state index contributed by atoms with van der Waals surface area (Å²) in [5.74, 6) is -25.6. The van der Waals surface area contributed by atoms with Crippen molar-refractivity contribution in [1.29, 1.82) is 0 Å². The summed E-state index contributed by atoms with van der Waals surface area (Å²) in [7, 11) is 0. The first-order valence-electron chi connectivity index (χ1n) is 21.5. The van der Waals surface area contributed by atoms with Crippen LogP contribution in [-0.2, 0) is 0 Å². The molecule has 8 aromatic rings. The number of hydrogen-bond donors (Lipinski definition) is 19. The van der Waals surface area contributed by atoms with E-state index in [0.29, 0.717) is 0 Å². The zero-order valence-electron chi connectivity index (χ0n) is 37.0. The SMILES string of the molecule is Cc1cc(C2c3cc(c(O)c(O)c3O)C(c3ccc(O)c(O)c3)c3cc(c(O)c(O)c3O)C(c3ccc(O)c(O)c3)c3cc(c(O)c(O)c3O)C(c3ccc(O)c(O)c3)c3cc2c(O)c(O)c3O)ccc1O. The number of fused-ring (bicyclic) bond motifs is 8. The van der Waals surface area contributed by atoms with Crippen LogP contribution in [0.3, 0.4) is 0 Å². The standard InChI is InChI=1S/C53H42O19/c1-18-10-19(2-6-31(18)54)38-23-14-25(44(63)50(69)42(23)61)39(20-3-7-32(55)35(58)11-20)27-16-29(48(67)52(71)46(27)65)41(22-5-9-34(57)37(60)13-22)30-17-28(47(66)53(72)49(30)68)40(21-4-8-33(56)36(59)12-21)26-15-24(38)43(62)51(70)45(26)64/h2-17,38-41,54-72H,1H3. The van der Waals surface area contributed by atoms with Gasteiger partial charge in [0.25, 0.3) is 0 Å². The maximum Gasteiger partial charge on any atom is 0.200 e. The first-order valence-corrected chi connectivity index (χ1v) is 21.5. The molecule has 1 aliphatic carbocycles. The van der Waals surface area contributed by atoms with E-state index in [2.05, 4.69) is 0 Å². The van der Waals surface area contributed by atoms with Crippen LogP contribution in [0, 0.1) is 6.92 Å². The summed E-state index contributed by atoms with van der Waals surface area (Å²) in [6, 6.07) is 17.5. The van der Waals surface area contributed by atoms with Gasteiger partial charge in [0.2, 0.25) is 23.0 Å². The Morgan fingerprint density at radius 1 is 0.208 bits per heavy atom. The molecule has 0 spiro atoms. The van der Waals surface area contributed by atoms with Crippen molar-refractivity contribution in [1.82, 2.24) is 0 Å². The average molecular weight is 983 g/mol. The van der Waals surface area contributed by atoms with E-state index in [1.54, 1.807) is 0 Å². The highest BCUT2D eigenvalue weighted by Gasteiger charge is 2.39. The van der Waals surface area contributed by atoms with E-state index in [1.807, 2.05) is 0 Å². The summed E-state index contributed by atoms with van der Waals surface area (Å²) in [5.41, 5.74) is -4.16. The molecule has 9 rings (SSSR count). The molecule has 1 aliphatic rings. The van der Waals surface area contributed by atoms with Crippen LogP contribution in [-0.4, -0.2) is 97.0 Å². The number of rotatable bonds is 4. The van der Waals surface area contributed by atoms with E-state index in [9.17, 15) is 97.0 Å². The van der Waals surface area contributed by atoms with Gasteiger partial charge in [-0.25, -0.2) is 0 Å². The van der Waals surface area contributed by atoms with E-state index < -0.39 is 172 Å². The second-order valence-corrected chi connectivity index (χ2v) is 17.4. The monoisotopic (exact) mass is 982 g/mol. The fourth-order valence-electron chi connectivity index (χ4n) is 9.64. The van der Waals surface area contributed by atoms with Gasteiger partial charge in [0.15, 0.2) is 80.5 Å². The van der Waals surface area contributed by atoms with Crippen LogP contribution in [0.2, 0.25) is 0 Å². The third-order valence-corrected chi connectivity index (χ3v) is 13.3. The number of aryl methyl sites for hydroxylation is 1. The second kappa shape index (κ2) is 16.9. The molecule has 0 saturated carbocycles. The average Bonchev–Trinajstić information content (AvgIpc) is 3.34. The quantitative estimate of drug-likeness (QED) is 0.0761. The predicted octanol–water partition coefficient (Wildman–Crippen LogP) is 7.44. The Morgan fingerprint density at radius 2 is 0.403 bits per heavy atom.